The maximum Gasteiger partial charge on any atom is 0.359 e. The van der Waals surface area contributed by atoms with Gasteiger partial charge in [-0.15, -0.1) is 0 Å². The highest BCUT2D eigenvalue weighted by atomic mass is 35.5. The van der Waals surface area contributed by atoms with Crippen molar-refractivity contribution in [3.63, 3.8) is 0 Å². The summed E-state index contributed by atoms with van der Waals surface area (Å²) in [5.41, 5.74) is 0.246. The zero-order valence-electron chi connectivity index (χ0n) is 9.03. The van der Waals surface area contributed by atoms with Crippen molar-refractivity contribution in [1.82, 2.24) is 4.98 Å². The number of thiazole rings is 1. The van der Waals surface area contributed by atoms with E-state index >= 15 is 0 Å². The molecule has 6 heteroatoms. The number of halogens is 1. The van der Waals surface area contributed by atoms with Crippen molar-refractivity contribution in [3.05, 3.63) is 10.0 Å². The third-order valence-electron chi connectivity index (χ3n) is 2.42. The molecule has 1 aliphatic heterocycles. The van der Waals surface area contributed by atoms with Crippen LogP contribution in [-0.2, 0) is 4.74 Å². The maximum atomic E-state index is 11.5. The summed E-state index contributed by atoms with van der Waals surface area (Å²) in [5, 5.41) is 0.825. The highest BCUT2D eigenvalue weighted by Crippen LogP contribution is 2.32. The second-order valence-corrected chi connectivity index (χ2v) is 5.11. The summed E-state index contributed by atoms with van der Waals surface area (Å²) >= 11 is 7.33. The number of ether oxygens (including phenoxy) is 1. The van der Waals surface area contributed by atoms with Crippen LogP contribution >= 0.6 is 22.9 Å². The summed E-state index contributed by atoms with van der Waals surface area (Å²) in [6, 6.07) is 0. The van der Waals surface area contributed by atoms with Crippen LogP contribution in [0.2, 0.25) is 4.34 Å². The van der Waals surface area contributed by atoms with Crippen LogP contribution in [0.25, 0.3) is 0 Å². The number of anilines is 1. The Morgan fingerprint density at radius 1 is 1.56 bits per heavy atom. The number of nitrogens with zero attached hydrogens (tertiary/aromatic N) is 2. The van der Waals surface area contributed by atoms with E-state index in [2.05, 4.69) is 9.88 Å². The Hall–Kier alpha value is -0.810. The quantitative estimate of drug-likeness (QED) is 0.784. The van der Waals surface area contributed by atoms with E-state index in [0.717, 1.165) is 18.2 Å². The Balaban J connectivity index is 2.17. The molecule has 0 radical (unpaired) electrons. The number of hydrogen-bond donors (Lipinski definition) is 0. The van der Waals surface area contributed by atoms with Gasteiger partial charge in [-0.1, -0.05) is 22.9 Å². The summed E-state index contributed by atoms with van der Waals surface area (Å²) in [7, 11) is 0. The Kier molecular flexibility index (Phi) is 3.66. The first-order valence-corrected chi connectivity index (χ1v) is 6.50. The van der Waals surface area contributed by atoms with Gasteiger partial charge in [0.2, 0.25) is 0 Å². The topological polar surface area (TPSA) is 42.4 Å². The van der Waals surface area contributed by atoms with E-state index in [9.17, 15) is 4.79 Å². The summed E-state index contributed by atoms with van der Waals surface area (Å²) in [6.45, 7) is 4.09. The molecular weight excluding hydrogens is 248 g/mol. The van der Waals surface area contributed by atoms with Crippen LogP contribution in [0.15, 0.2) is 0 Å². The van der Waals surface area contributed by atoms with Gasteiger partial charge in [-0.05, 0) is 19.8 Å². The fraction of sp³-hybridized carbons (Fsp3) is 0.600. The molecule has 4 nitrogen and oxygen atoms in total. The van der Waals surface area contributed by atoms with Gasteiger partial charge < -0.3 is 9.64 Å². The third-order valence-corrected chi connectivity index (χ3v) is 3.73. The van der Waals surface area contributed by atoms with Gasteiger partial charge >= 0.3 is 5.97 Å². The summed E-state index contributed by atoms with van der Waals surface area (Å²) < 4.78 is 5.30. The molecule has 1 aromatic heterocycles. The van der Waals surface area contributed by atoms with Crippen molar-refractivity contribution in [3.8, 4) is 0 Å². The first kappa shape index (κ1) is 11.7. The first-order chi connectivity index (χ1) is 7.72. The Morgan fingerprint density at radius 2 is 2.25 bits per heavy atom. The lowest BCUT2D eigenvalue weighted by Crippen LogP contribution is -2.17. The fourth-order valence-corrected chi connectivity index (χ4v) is 2.82. The van der Waals surface area contributed by atoms with Crippen molar-refractivity contribution < 1.29 is 9.53 Å². The minimum absolute atomic E-state index is 0.246. The number of rotatable bonds is 3. The van der Waals surface area contributed by atoms with Crippen molar-refractivity contribution in [2.24, 2.45) is 0 Å². The fourth-order valence-electron chi connectivity index (χ4n) is 1.66. The van der Waals surface area contributed by atoms with E-state index in [-0.39, 0.29) is 5.69 Å². The van der Waals surface area contributed by atoms with Crippen LogP contribution in [0.5, 0.6) is 0 Å². The molecular formula is C10H13ClN2O2S. The minimum Gasteiger partial charge on any atom is -0.461 e. The van der Waals surface area contributed by atoms with Crippen LogP contribution < -0.4 is 4.90 Å². The summed E-state index contributed by atoms with van der Waals surface area (Å²) in [6.07, 6.45) is 2.35. The zero-order valence-corrected chi connectivity index (χ0v) is 10.6. The molecule has 16 heavy (non-hydrogen) atoms. The average Bonchev–Trinajstić information content (AvgIpc) is 2.86. The Bertz CT molecular complexity index is 388. The molecule has 0 unspecified atom stereocenters. The molecule has 1 fully saturated rings. The van der Waals surface area contributed by atoms with E-state index in [1.54, 1.807) is 6.92 Å². The highest BCUT2D eigenvalue weighted by molar-refractivity contribution is 7.19. The second kappa shape index (κ2) is 5.01. The molecule has 2 rings (SSSR count). The second-order valence-electron chi connectivity index (χ2n) is 3.53. The van der Waals surface area contributed by atoms with E-state index < -0.39 is 5.97 Å². The number of hydrogen-bond acceptors (Lipinski definition) is 5. The predicted molar refractivity (Wildman–Crippen MR) is 64.5 cm³/mol. The standard InChI is InChI=1S/C10H13ClN2O2S/c1-2-15-9(14)7-8(11)16-10(12-7)13-5-3-4-6-13/h2-6H2,1H3. The van der Waals surface area contributed by atoms with Gasteiger partial charge in [-0.2, -0.15) is 0 Å². The summed E-state index contributed by atoms with van der Waals surface area (Å²) in [5.74, 6) is -0.436. The molecule has 0 amide bonds. The molecule has 0 aliphatic carbocycles. The monoisotopic (exact) mass is 260 g/mol. The van der Waals surface area contributed by atoms with Gasteiger partial charge in [0.25, 0.3) is 0 Å². The minimum atomic E-state index is -0.436. The first-order valence-electron chi connectivity index (χ1n) is 5.30. The predicted octanol–water partition coefficient (Wildman–Crippen LogP) is 2.57. The van der Waals surface area contributed by atoms with E-state index in [1.807, 2.05) is 0 Å². The van der Waals surface area contributed by atoms with Crippen LogP contribution in [0.1, 0.15) is 30.3 Å². The van der Waals surface area contributed by atoms with Gasteiger partial charge in [0, 0.05) is 13.1 Å². The Morgan fingerprint density at radius 3 is 2.88 bits per heavy atom. The van der Waals surface area contributed by atoms with E-state index in [1.165, 1.54) is 24.2 Å². The third kappa shape index (κ3) is 2.30. The number of aromatic nitrogens is 1. The molecule has 88 valence electrons. The molecule has 1 aliphatic rings. The molecule has 0 saturated carbocycles. The Labute approximate surface area is 103 Å². The molecule has 1 aromatic rings. The molecule has 1 saturated heterocycles. The zero-order chi connectivity index (χ0) is 11.5. The molecule has 0 bridgehead atoms. The largest absolute Gasteiger partial charge is 0.461 e. The van der Waals surface area contributed by atoms with Crippen molar-refractivity contribution in [2.75, 3.05) is 24.6 Å². The molecule has 2 heterocycles. The van der Waals surface area contributed by atoms with Crippen molar-refractivity contribution in [1.29, 1.82) is 0 Å². The molecule has 0 aromatic carbocycles. The van der Waals surface area contributed by atoms with Gasteiger partial charge in [0.1, 0.15) is 4.34 Å². The number of carbonyl (C=O) groups is 1. The molecule has 0 N–H and O–H groups in total. The van der Waals surface area contributed by atoms with Crippen molar-refractivity contribution in [2.45, 2.75) is 19.8 Å². The normalized spacial score (nSPS) is 15.5. The maximum absolute atomic E-state index is 11.5. The van der Waals surface area contributed by atoms with Gasteiger partial charge in [-0.25, -0.2) is 9.78 Å². The van der Waals surface area contributed by atoms with Crippen LogP contribution in [0.3, 0.4) is 0 Å². The molecule has 0 spiro atoms. The number of carbonyl (C=O) groups excluding carboxylic acids is 1. The van der Waals surface area contributed by atoms with Gasteiger partial charge in [0.15, 0.2) is 10.8 Å². The van der Waals surface area contributed by atoms with Crippen LogP contribution in [0, 0.1) is 0 Å². The van der Waals surface area contributed by atoms with Gasteiger partial charge in [0.05, 0.1) is 6.61 Å². The lowest BCUT2D eigenvalue weighted by Gasteiger charge is -2.11. The van der Waals surface area contributed by atoms with Gasteiger partial charge in [-0.3, -0.25) is 0 Å². The van der Waals surface area contributed by atoms with E-state index in [4.69, 9.17) is 16.3 Å². The smallest absolute Gasteiger partial charge is 0.359 e. The lowest BCUT2D eigenvalue weighted by molar-refractivity contribution is 0.0520. The molecule has 0 atom stereocenters. The number of esters is 1. The van der Waals surface area contributed by atoms with E-state index in [0.29, 0.717) is 10.9 Å². The van der Waals surface area contributed by atoms with Crippen LogP contribution in [-0.4, -0.2) is 30.6 Å². The lowest BCUT2D eigenvalue weighted by atomic mass is 10.4. The van der Waals surface area contributed by atoms with Crippen molar-refractivity contribution >= 4 is 34.0 Å². The summed E-state index contributed by atoms with van der Waals surface area (Å²) in [4.78, 5) is 17.9. The highest BCUT2D eigenvalue weighted by Gasteiger charge is 2.22. The SMILES string of the molecule is CCOC(=O)c1nc(N2CCCC2)sc1Cl. The van der Waals surface area contributed by atoms with Crippen LogP contribution in [0.4, 0.5) is 5.13 Å². The average molecular weight is 261 g/mol.